The molecule has 1 aromatic heterocycles. The normalized spacial score (nSPS) is 10.1. The van der Waals surface area contributed by atoms with E-state index in [1.165, 1.54) is 4.70 Å². The fraction of sp³-hybridized carbons (Fsp3) is 0.308. The van der Waals surface area contributed by atoms with Crippen molar-refractivity contribution in [2.24, 2.45) is 0 Å². The molecule has 0 fully saturated rings. The first kappa shape index (κ1) is 11.4. The lowest BCUT2D eigenvalue weighted by Crippen LogP contribution is -1.78. The van der Waals surface area contributed by atoms with Crippen LogP contribution in [0.2, 0.25) is 0 Å². The molecular weight excluding hydrogens is 238 g/mol. The van der Waals surface area contributed by atoms with Crippen molar-refractivity contribution in [2.75, 3.05) is 5.88 Å². The summed E-state index contributed by atoms with van der Waals surface area (Å²) in [5, 5.41) is 1.10. The number of halogens is 1. The molecule has 0 amide bonds. The maximum absolute atomic E-state index is 5.57. The van der Waals surface area contributed by atoms with Crippen LogP contribution in [-0.2, 0) is 6.42 Å². The lowest BCUT2D eigenvalue weighted by atomic mass is 10.3. The highest BCUT2D eigenvalue weighted by Gasteiger charge is 2.00. The molecule has 0 atom stereocenters. The van der Waals surface area contributed by atoms with E-state index in [9.17, 15) is 0 Å². The Morgan fingerprint density at radius 2 is 2.12 bits per heavy atom. The summed E-state index contributed by atoms with van der Waals surface area (Å²) < 4.78 is 1.24. The molecule has 2 rings (SSSR count). The standard InChI is InChI=1S/C13H12ClNS/c14-10-6-2-1-3-9-13-15-11-7-4-5-8-12(11)16-13/h4-5,7-8H,2,6,9-10H2. The molecule has 0 unspecified atom stereocenters. The maximum Gasteiger partial charge on any atom is 0.106 e. The van der Waals surface area contributed by atoms with E-state index in [1.807, 2.05) is 18.2 Å². The molecule has 0 radical (unpaired) electrons. The van der Waals surface area contributed by atoms with Crippen molar-refractivity contribution < 1.29 is 0 Å². The fourth-order valence-corrected chi connectivity index (χ4v) is 2.42. The number of aromatic nitrogens is 1. The number of para-hydroxylation sites is 1. The minimum absolute atomic E-state index is 0.690. The largest absolute Gasteiger partial charge is 0.240 e. The first-order valence-corrected chi connectivity index (χ1v) is 6.61. The van der Waals surface area contributed by atoms with Crippen molar-refractivity contribution in [3.8, 4) is 11.8 Å². The molecule has 0 aliphatic heterocycles. The van der Waals surface area contributed by atoms with Crippen LogP contribution in [0.3, 0.4) is 0 Å². The summed E-state index contributed by atoms with van der Waals surface area (Å²) in [7, 11) is 0. The smallest absolute Gasteiger partial charge is 0.106 e. The van der Waals surface area contributed by atoms with Crippen molar-refractivity contribution in [1.82, 2.24) is 4.98 Å². The minimum Gasteiger partial charge on any atom is -0.240 e. The molecule has 0 aliphatic carbocycles. The molecule has 1 aromatic carbocycles. The zero-order valence-corrected chi connectivity index (χ0v) is 10.4. The fourth-order valence-electron chi connectivity index (χ4n) is 1.38. The van der Waals surface area contributed by atoms with Gasteiger partial charge in [-0.15, -0.1) is 28.9 Å². The average molecular weight is 250 g/mol. The van der Waals surface area contributed by atoms with Gasteiger partial charge in [-0.05, 0) is 18.6 Å². The van der Waals surface area contributed by atoms with E-state index in [0.29, 0.717) is 5.88 Å². The molecule has 3 heteroatoms. The second kappa shape index (κ2) is 5.89. The van der Waals surface area contributed by atoms with Crippen LogP contribution in [0.25, 0.3) is 10.2 Å². The topological polar surface area (TPSA) is 12.9 Å². The maximum atomic E-state index is 5.57. The zero-order valence-electron chi connectivity index (χ0n) is 8.87. The monoisotopic (exact) mass is 249 g/mol. The molecule has 0 saturated carbocycles. The second-order valence-electron chi connectivity index (χ2n) is 3.40. The van der Waals surface area contributed by atoms with Gasteiger partial charge in [0, 0.05) is 12.3 Å². The van der Waals surface area contributed by atoms with Crippen LogP contribution in [0.4, 0.5) is 0 Å². The van der Waals surface area contributed by atoms with E-state index < -0.39 is 0 Å². The highest BCUT2D eigenvalue weighted by atomic mass is 35.5. The van der Waals surface area contributed by atoms with Crippen LogP contribution in [0.5, 0.6) is 0 Å². The Kier molecular flexibility index (Phi) is 4.21. The Bertz CT molecular complexity index is 488. The Balaban J connectivity index is 2.01. The highest BCUT2D eigenvalue weighted by Crippen LogP contribution is 2.21. The number of thiazole rings is 1. The molecule has 0 saturated heterocycles. The van der Waals surface area contributed by atoms with E-state index in [0.717, 1.165) is 29.8 Å². The number of alkyl halides is 1. The van der Waals surface area contributed by atoms with Gasteiger partial charge in [-0.3, -0.25) is 0 Å². The van der Waals surface area contributed by atoms with E-state index in [2.05, 4.69) is 22.9 Å². The van der Waals surface area contributed by atoms with Crippen LogP contribution in [-0.4, -0.2) is 10.9 Å². The van der Waals surface area contributed by atoms with E-state index in [1.54, 1.807) is 11.3 Å². The molecule has 1 nitrogen and oxygen atoms in total. The Morgan fingerprint density at radius 1 is 1.25 bits per heavy atom. The van der Waals surface area contributed by atoms with Crippen LogP contribution in [0.15, 0.2) is 24.3 Å². The van der Waals surface area contributed by atoms with Crippen molar-refractivity contribution in [3.63, 3.8) is 0 Å². The third-order valence-corrected chi connectivity index (χ3v) is 3.44. The van der Waals surface area contributed by atoms with Gasteiger partial charge in [-0.1, -0.05) is 18.1 Å². The van der Waals surface area contributed by atoms with Crippen LogP contribution < -0.4 is 0 Å². The number of benzene rings is 1. The van der Waals surface area contributed by atoms with Gasteiger partial charge in [0.1, 0.15) is 5.01 Å². The number of rotatable bonds is 3. The van der Waals surface area contributed by atoms with Gasteiger partial charge >= 0.3 is 0 Å². The number of unbranched alkanes of at least 4 members (excludes halogenated alkanes) is 1. The zero-order chi connectivity index (χ0) is 11.2. The summed E-state index contributed by atoms with van der Waals surface area (Å²) in [5.74, 6) is 6.94. The predicted octanol–water partition coefficient (Wildman–Crippen LogP) is 3.86. The van der Waals surface area contributed by atoms with Gasteiger partial charge in [-0.25, -0.2) is 4.98 Å². The van der Waals surface area contributed by atoms with Crippen LogP contribution >= 0.6 is 22.9 Å². The molecule has 82 valence electrons. The molecular formula is C13H12ClNS. The number of nitrogens with zero attached hydrogens (tertiary/aromatic N) is 1. The third kappa shape index (κ3) is 2.98. The molecule has 0 N–H and O–H groups in total. The summed E-state index contributed by atoms with van der Waals surface area (Å²) in [5.41, 5.74) is 1.07. The Morgan fingerprint density at radius 3 is 2.94 bits per heavy atom. The van der Waals surface area contributed by atoms with Crippen molar-refractivity contribution in [3.05, 3.63) is 29.3 Å². The van der Waals surface area contributed by atoms with Gasteiger partial charge in [0.2, 0.25) is 0 Å². The molecule has 0 spiro atoms. The lowest BCUT2D eigenvalue weighted by Gasteiger charge is -1.84. The van der Waals surface area contributed by atoms with Gasteiger partial charge in [0.05, 0.1) is 16.6 Å². The minimum atomic E-state index is 0.690. The second-order valence-corrected chi connectivity index (χ2v) is 4.89. The predicted molar refractivity (Wildman–Crippen MR) is 71.1 cm³/mol. The first-order chi connectivity index (χ1) is 7.90. The Hall–Kier alpha value is -1.04. The van der Waals surface area contributed by atoms with Gasteiger partial charge in [0.25, 0.3) is 0 Å². The molecule has 16 heavy (non-hydrogen) atoms. The van der Waals surface area contributed by atoms with E-state index in [-0.39, 0.29) is 0 Å². The van der Waals surface area contributed by atoms with Gasteiger partial charge in [0.15, 0.2) is 0 Å². The van der Waals surface area contributed by atoms with Gasteiger partial charge < -0.3 is 0 Å². The summed E-state index contributed by atoms with van der Waals surface area (Å²) in [6, 6.07) is 8.18. The average Bonchev–Trinajstić information content (AvgIpc) is 2.71. The van der Waals surface area contributed by atoms with E-state index >= 15 is 0 Å². The SMILES string of the molecule is ClCCCC#CCc1nc2ccccc2s1. The number of hydrogen-bond donors (Lipinski definition) is 0. The van der Waals surface area contributed by atoms with Crippen LogP contribution in [0.1, 0.15) is 17.8 Å². The summed E-state index contributed by atoms with van der Waals surface area (Å²) in [6.45, 7) is 0. The molecule has 2 aromatic rings. The Labute approximate surface area is 104 Å². The van der Waals surface area contributed by atoms with E-state index in [4.69, 9.17) is 11.6 Å². The van der Waals surface area contributed by atoms with Crippen molar-refractivity contribution in [2.45, 2.75) is 19.3 Å². The molecule has 0 aliphatic rings. The number of hydrogen-bond acceptors (Lipinski definition) is 2. The quantitative estimate of drug-likeness (QED) is 0.457. The van der Waals surface area contributed by atoms with Crippen molar-refractivity contribution in [1.29, 1.82) is 0 Å². The first-order valence-electron chi connectivity index (χ1n) is 5.26. The lowest BCUT2D eigenvalue weighted by molar-refractivity contribution is 0.989. The van der Waals surface area contributed by atoms with Crippen LogP contribution in [0, 0.1) is 11.8 Å². The summed E-state index contributed by atoms with van der Waals surface area (Å²) in [6.07, 6.45) is 2.60. The molecule has 0 bridgehead atoms. The third-order valence-electron chi connectivity index (χ3n) is 2.14. The van der Waals surface area contributed by atoms with Crippen molar-refractivity contribution >= 4 is 33.2 Å². The summed E-state index contributed by atoms with van der Waals surface area (Å²) >= 11 is 7.29. The highest BCUT2D eigenvalue weighted by molar-refractivity contribution is 7.18. The van der Waals surface area contributed by atoms with Gasteiger partial charge in [-0.2, -0.15) is 0 Å². The molecule has 1 heterocycles. The summed E-state index contributed by atoms with van der Waals surface area (Å²) in [4.78, 5) is 4.52. The number of fused-ring (bicyclic) bond motifs is 1.